The molecule has 0 amide bonds. The van der Waals surface area contributed by atoms with E-state index in [1.54, 1.807) is 0 Å². The van der Waals surface area contributed by atoms with Crippen LogP contribution in [0.1, 0.15) is 53.5 Å². The number of benzene rings is 2. The first-order valence-corrected chi connectivity index (χ1v) is 11.1. The Labute approximate surface area is 186 Å². The van der Waals surface area contributed by atoms with Crippen LogP contribution in [0.25, 0.3) is 0 Å². The van der Waals surface area contributed by atoms with Crippen LogP contribution in [-0.2, 0) is 24.4 Å². The fourth-order valence-electron chi connectivity index (χ4n) is 4.05. The van der Waals surface area contributed by atoms with Gasteiger partial charge in [-0.05, 0) is 43.2 Å². The van der Waals surface area contributed by atoms with E-state index in [1.807, 2.05) is 24.3 Å². The number of methoxy groups -OCH3 is 1. The number of esters is 1. The third kappa shape index (κ3) is 5.65. The van der Waals surface area contributed by atoms with Crippen molar-refractivity contribution in [3.63, 3.8) is 0 Å². The Morgan fingerprint density at radius 2 is 1.61 bits per heavy atom. The van der Waals surface area contributed by atoms with Crippen molar-refractivity contribution in [2.75, 3.05) is 7.11 Å². The molecule has 0 aliphatic carbocycles. The van der Waals surface area contributed by atoms with E-state index in [1.165, 1.54) is 28.8 Å². The molecule has 2 aromatic carbocycles. The first kappa shape index (κ1) is 22.8. The van der Waals surface area contributed by atoms with Gasteiger partial charge in [-0.3, -0.25) is 0 Å². The summed E-state index contributed by atoms with van der Waals surface area (Å²) in [5, 5.41) is 0. The molecular formula is C27H35N2O2+. The van der Waals surface area contributed by atoms with Crippen molar-refractivity contribution >= 4 is 5.97 Å². The van der Waals surface area contributed by atoms with Crippen LogP contribution in [0, 0.1) is 12.8 Å². The average molecular weight is 420 g/mol. The lowest BCUT2D eigenvalue weighted by molar-refractivity contribution is -0.954. The maximum absolute atomic E-state index is 12.3. The number of carbonyl (C=O) groups is 1. The minimum absolute atomic E-state index is 0.268. The van der Waals surface area contributed by atoms with Crippen LogP contribution in [0.15, 0.2) is 66.9 Å². The molecule has 4 heteroatoms. The number of nitrogens with one attached hydrogen (secondary N) is 1. The number of nitrogens with zero attached hydrogens (tertiary/aromatic N) is 1. The summed E-state index contributed by atoms with van der Waals surface area (Å²) in [5.41, 5.74) is 5.66. The Morgan fingerprint density at radius 1 is 0.935 bits per heavy atom. The summed E-state index contributed by atoms with van der Waals surface area (Å²) >= 11 is 0. The number of hydrogen-bond donors (Lipinski definition) is 1. The SMILES string of the molecule is COC(=O)c1ccccc1C[NH+](Cc1cccn1Cc1ccccc1C)[C@H](C)C(C)C. The van der Waals surface area contributed by atoms with Gasteiger partial charge in [0.15, 0.2) is 0 Å². The summed E-state index contributed by atoms with van der Waals surface area (Å²) in [6.07, 6.45) is 2.17. The molecule has 1 unspecified atom stereocenters. The molecule has 1 aromatic heterocycles. The zero-order chi connectivity index (χ0) is 22.4. The predicted molar refractivity (Wildman–Crippen MR) is 125 cm³/mol. The monoisotopic (exact) mass is 419 g/mol. The second-order valence-electron chi connectivity index (χ2n) is 8.75. The molecule has 1 N–H and O–H groups in total. The van der Waals surface area contributed by atoms with Gasteiger partial charge in [0.05, 0.1) is 24.4 Å². The fraction of sp³-hybridized carbons (Fsp3) is 0.370. The average Bonchev–Trinajstić information content (AvgIpc) is 3.20. The van der Waals surface area contributed by atoms with Gasteiger partial charge in [-0.1, -0.05) is 56.3 Å². The van der Waals surface area contributed by atoms with Gasteiger partial charge in [-0.15, -0.1) is 0 Å². The van der Waals surface area contributed by atoms with Gasteiger partial charge in [0.2, 0.25) is 0 Å². The zero-order valence-corrected chi connectivity index (χ0v) is 19.4. The van der Waals surface area contributed by atoms with Crippen LogP contribution < -0.4 is 4.90 Å². The van der Waals surface area contributed by atoms with Crippen LogP contribution in [0.4, 0.5) is 0 Å². The molecular weight excluding hydrogens is 384 g/mol. The normalized spacial score (nSPS) is 13.2. The number of hydrogen-bond acceptors (Lipinski definition) is 2. The number of rotatable bonds is 9. The number of quaternary nitrogens is 1. The summed E-state index contributed by atoms with van der Waals surface area (Å²) in [7, 11) is 1.44. The maximum atomic E-state index is 12.3. The summed E-state index contributed by atoms with van der Waals surface area (Å²) in [5.74, 6) is 0.259. The van der Waals surface area contributed by atoms with Crippen LogP contribution in [0.5, 0.6) is 0 Å². The highest BCUT2D eigenvalue weighted by Crippen LogP contribution is 2.13. The predicted octanol–water partition coefficient (Wildman–Crippen LogP) is 4.26. The Morgan fingerprint density at radius 3 is 2.29 bits per heavy atom. The molecule has 0 aliphatic rings. The molecule has 0 aliphatic heterocycles. The van der Waals surface area contributed by atoms with Crippen LogP contribution >= 0.6 is 0 Å². The minimum atomic E-state index is -0.268. The Bertz CT molecular complexity index is 1010. The Balaban J connectivity index is 1.87. The van der Waals surface area contributed by atoms with Crippen molar-refractivity contribution in [3.05, 3.63) is 94.8 Å². The van der Waals surface area contributed by atoms with Crippen LogP contribution in [0.2, 0.25) is 0 Å². The van der Waals surface area contributed by atoms with Crippen molar-refractivity contribution in [2.45, 2.75) is 53.4 Å². The molecule has 0 saturated heterocycles. The molecule has 0 bridgehead atoms. The van der Waals surface area contributed by atoms with Crippen LogP contribution in [-0.4, -0.2) is 23.7 Å². The summed E-state index contributed by atoms with van der Waals surface area (Å²) in [6.45, 7) is 11.5. The van der Waals surface area contributed by atoms with E-state index in [4.69, 9.17) is 4.74 Å². The van der Waals surface area contributed by atoms with Crippen molar-refractivity contribution in [3.8, 4) is 0 Å². The Kier molecular flexibility index (Phi) is 7.69. The van der Waals surface area contributed by atoms with Gasteiger partial charge < -0.3 is 14.2 Å². The lowest BCUT2D eigenvalue weighted by Crippen LogP contribution is -3.13. The molecule has 0 spiro atoms. The van der Waals surface area contributed by atoms with E-state index < -0.39 is 0 Å². The number of aryl methyl sites for hydroxylation is 1. The summed E-state index contributed by atoms with van der Waals surface area (Å²) < 4.78 is 7.37. The van der Waals surface area contributed by atoms with Crippen LogP contribution in [0.3, 0.4) is 0 Å². The highest BCUT2D eigenvalue weighted by Gasteiger charge is 2.25. The number of ether oxygens (including phenoxy) is 1. The van der Waals surface area contributed by atoms with Gasteiger partial charge in [0.1, 0.15) is 13.1 Å². The summed E-state index contributed by atoms with van der Waals surface area (Å²) in [6, 6.07) is 21.2. The van der Waals surface area contributed by atoms with E-state index in [9.17, 15) is 4.79 Å². The van der Waals surface area contributed by atoms with Gasteiger partial charge in [0, 0.05) is 24.2 Å². The lowest BCUT2D eigenvalue weighted by atomic mass is 10.0. The molecule has 1 heterocycles. The highest BCUT2D eigenvalue weighted by molar-refractivity contribution is 5.90. The fourth-order valence-corrected chi connectivity index (χ4v) is 4.05. The first-order valence-electron chi connectivity index (χ1n) is 11.1. The third-order valence-electron chi connectivity index (χ3n) is 6.42. The van der Waals surface area contributed by atoms with E-state index in [0.29, 0.717) is 17.5 Å². The number of aromatic nitrogens is 1. The third-order valence-corrected chi connectivity index (χ3v) is 6.42. The van der Waals surface area contributed by atoms with Crippen molar-refractivity contribution in [1.82, 2.24) is 4.57 Å². The smallest absolute Gasteiger partial charge is 0.338 e. The van der Waals surface area contributed by atoms with Gasteiger partial charge >= 0.3 is 5.97 Å². The molecule has 3 aromatic rings. The maximum Gasteiger partial charge on any atom is 0.338 e. The molecule has 0 fully saturated rings. The first-order chi connectivity index (χ1) is 14.9. The highest BCUT2D eigenvalue weighted by atomic mass is 16.5. The van der Waals surface area contributed by atoms with Crippen molar-refractivity contribution in [1.29, 1.82) is 0 Å². The van der Waals surface area contributed by atoms with E-state index in [0.717, 1.165) is 25.2 Å². The quantitative estimate of drug-likeness (QED) is 0.526. The minimum Gasteiger partial charge on any atom is -0.465 e. The van der Waals surface area contributed by atoms with Crippen molar-refractivity contribution < 1.29 is 14.4 Å². The van der Waals surface area contributed by atoms with E-state index >= 15 is 0 Å². The second kappa shape index (κ2) is 10.5. The lowest BCUT2D eigenvalue weighted by Gasteiger charge is -2.29. The molecule has 0 saturated carbocycles. The molecule has 2 atom stereocenters. The molecule has 4 nitrogen and oxygen atoms in total. The van der Waals surface area contributed by atoms with Gasteiger partial charge in [-0.2, -0.15) is 0 Å². The van der Waals surface area contributed by atoms with Gasteiger partial charge in [-0.25, -0.2) is 4.79 Å². The molecule has 31 heavy (non-hydrogen) atoms. The zero-order valence-electron chi connectivity index (χ0n) is 19.4. The molecule has 164 valence electrons. The molecule has 3 rings (SSSR count). The van der Waals surface area contributed by atoms with E-state index in [-0.39, 0.29) is 5.97 Å². The van der Waals surface area contributed by atoms with Gasteiger partial charge in [0.25, 0.3) is 0 Å². The number of carbonyl (C=O) groups excluding carboxylic acids is 1. The second-order valence-corrected chi connectivity index (χ2v) is 8.75. The summed E-state index contributed by atoms with van der Waals surface area (Å²) in [4.78, 5) is 13.7. The topological polar surface area (TPSA) is 35.7 Å². The van der Waals surface area contributed by atoms with Crippen molar-refractivity contribution in [2.24, 2.45) is 5.92 Å². The largest absolute Gasteiger partial charge is 0.465 e. The standard InChI is InChI=1S/C27H34N2O2/c1-20(2)22(4)29(18-24-13-8-9-15-26(24)27(30)31-5)19-25-14-10-16-28(25)17-23-12-7-6-11-21(23)3/h6-16,20,22H,17-19H2,1-5H3/p+1/t22-/m1/s1. The Hall–Kier alpha value is -2.85. The molecule has 0 radical (unpaired) electrons. The van der Waals surface area contributed by atoms with E-state index in [2.05, 4.69) is 74.9 Å².